The Morgan fingerprint density at radius 1 is 0.912 bits per heavy atom. The summed E-state index contributed by atoms with van der Waals surface area (Å²) in [5.74, 6) is 0. The number of hydrogen-bond acceptors (Lipinski definition) is 4. The highest BCUT2D eigenvalue weighted by Gasteiger charge is 2.18. The van der Waals surface area contributed by atoms with Crippen molar-refractivity contribution in [3.63, 3.8) is 0 Å². The molecule has 1 heterocycles. The van der Waals surface area contributed by atoms with E-state index < -0.39 is 10.0 Å². The maximum absolute atomic E-state index is 13.3. The monoisotopic (exact) mass is 463 g/mol. The maximum Gasteiger partial charge on any atom is 0.285 e. The number of fused-ring (bicyclic) bond motifs is 1. The Hall–Kier alpha value is -4.34. The van der Waals surface area contributed by atoms with E-state index in [1.54, 1.807) is 54.7 Å². The molecule has 6 heteroatoms. The molecule has 0 aliphatic rings. The molecule has 0 fully saturated rings. The van der Waals surface area contributed by atoms with Crippen LogP contribution in [0.1, 0.15) is 16.7 Å². The van der Waals surface area contributed by atoms with Crippen molar-refractivity contribution >= 4 is 26.6 Å². The van der Waals surface area contributed by atoms with Crippen LogP contribution in [0.25, 0.3) is 10.9 Å². The number of para-hydroxylation sites is 1. The van der Waals surface area contributed by atoms with Gasteiger partial charge in [0.15, 0.2) is 0 Å². The molecule has 1 aromatic heterocycles. The second kappa shape index (κ2) is 10.5. The number of rotatable bonds is 7. The van der Waals surface area contributed by atoms with E-state index >= 15 is 0 Å². The molecule has 3 aromatic carbocycles. The third kappa shape index (κ3) is 5.52. The zero-order valence-electron chi connectivity index (χ0n) is 18.2. The van der Waals surface area contributed by atoms with Crippen LogP contribution in [0.3, 0.4) is 0 Å². The summed E-state index contributed by atoms with van der Waals surface area (Å²) in [4.78, 5) is 4.30. The van der Waals surface area contributed by atoms with Gasteiger partial charge in [0, 0.05) is 17.1 Å². The summed E-state index contributed by atoms with van der Waals surface area (Å²) >= 11 is 0. The minimum absolute atomic E-state index is 0.0461. The van der Waals surface area contributed by atoms with Crippen molar-refractivity contribution in [2.45, 2.75) is 11.3 Å². The van der Waals surface area contributed by atoms with E-state index in [2.05, 4.69) is 15.5 Å². The summed E-state index contributed by atoms with van der Waals surface area (Å²) in [5.41, 5.74) is 2.89. The van der Waals surface area contributed by atoms with E-state index in [-0.39, 0.29) is 10.6 Å². The summed E-state index contributed by atoms with van der Waals surface area (Å²) in [7, 11) is -4.05. The maximum atomic E-state index is 13.3. The lowest BCUT2D eigenvalue weighted by atomic mass is 10.1. The Morgan fingerprint density at radius 3 is 2.44 bits per heavy atom. The van der Waals surface area contributed by atoms with Crippen molar-refractivity contribution < 1.29 is 8.42 Å². The fraction of sp³-hybridized carbons (Fsp3) is 0.0357. The summed E-state index contributed by atoms with van der Waals surface area (Å²) in [6.07, 6.45) is 9.58. The molecule has 34 heavy (non-hydrogen) atoms. The van der Waals surface area contributed by atoms with Crippen molar-refractivity contribution in [1.29, 1.82) is 5.26 Å². The van der Waals surface area contributed by atoms with Crippen LogP contribution in [0.4, 0.5) is 0 Å². The first-order valence-corrected chi connectivity index (χ1v) is 12.1. The summed E-state index contributed by atoms with van der Waals surface area (Å²) in [5, 5.41) is 9.81. The van der Waals surface area contributed by atoms with Crippen LogP contribution >= 0.6 is 0 Å². The second-order valence-corrected chi connectivity index (χ2v) is 9.02. The molecule has 4 aromatic rings. The van der Waals surface area contributed by atoms with Gasteiger partial charge in [-0.1, -0.05) is 78.9 Å². The predicted octanol–water partition coefficient (Wildman–Crippen LogP) is 5.64. The average molecular weight is 464 g/mol. The van der Waals surface area contributed by atoms with Gasteiger partial charge in [-0.15, -0.1) is 0 Å². The van der Waals surface area contributed by atoms with Gasteiger partial charge in [-0.3, -0.25) is 4.98 Å². The van der Waals surface area contributed by atoms with Gasteiger partial charge < -0.3 is 0 Å². The zero-order chi connectivity index (χ0) is 23.8. The van der Waals surface area contributed by atoms with Crippen LogP contribution < -0.4 is 0 Å². The minimum atomic E-state index is -4.05. The van der Waals surface area contributed by atoms with Gasteiger partial charge in [0.1, 0.15) is 4.90 Å². The number of aromatic nitrogens is 1. The number of nitriles is 1. The third-order valence-electron chi connectivity index (χ3n) is 5.10. The largest absolute Gasteiger partial charge is 0.285 e. The second-order valence-electron chi connectivity index (χ2n) is 7.45. The van der Waals surface area contributed by atoms with E-state index in [9.17, 15) is 8.42 Å². The standard InChI is InChI=1S/C28H21N3O2S/c29-21-23-16-18-24(19-17-23)26(14-6-2-5-11-22-9-3-1-4-10-22)31-34(32,33)27-15-7-12-25-13-8-20-30-28(25)27/h1-10,12-20H,11H2/b5-2+,14-6+,31-26-. The molecule has 0 radical (unpaired) electrons. The van der Waals surface area contributed by atoms with Crippen molar-refractivity contribution in [2.24, 2.45) is 4.40 Å². The fourth-order valence-electron chi connectivity index (χ4n) is 3.40. The number of pyridine rings is 1. The van der Waals surface area contributed by atoms with Crippen LogP contribution in [-0.2, 0) is 16.4 Å². The first kappa shape index (κ1) is 22.8. The number of benzene rings is 3. The van der Waals surface area contributed by atoms with Gasteiger partial charge in [-0.25, -0.2) is 0 Å². The summed E-state index contributed by atoms with van der Waals surface area (Å²) in [6, 6.07) is 27.3. The molecule has 0 amide bonds. The highest BCUT2D eigenvalue weighted by molar-refractivity contribution is 7.90. The number of nitrogens with zero attached hydrogens (tertiary/aromatic N) is 3. The lowest BCUT2D eigenvalue weighted by molar-refractivity contribution is 0.599. The third-order valence-corrected chi connectivity index (χ3v) is 6.42. The van der Waals surface area contributed by atoms with Gasteiger partial charge in [0.2, 0.25) is 0 Å². The Labute approximate surface area is 199 Å². The molecule has 0 spiro atoms. The smallest absolute Gasteiger partial charge is 0.255 e. The highest BCUT2D eigenvalue weighted by atomic mass is 32.2. The molecule has 0 saturated heterocycles. The number of allylic oxidation sites excluding steroid dienone is 4. The van der Waals surface area contributed by atoms with E-state index in [4.69, 9.17) is 5.26 Å². The van der Waals surface area contributed by atoms with Gasteiger partial charge in [-0.2, -0.15) is 18.1 Å². The Morgan fingerprint density at radius 2 is 1.68 bits per heavy atom. The van der Waals surface area contributed by atoms with Gasteiger partial charge in [-0.05, 0) is 42.3 Å². The molecule has 0 saturated carbocycles. The van der Waals surface area contributed by atoms with E-state index in [0.717, 1.165) is 11.8 Å². The molecule has 5 nitrogen and oxygen atoms in total. The molecule has 4 rings (SSSR count). The van der Waals surface area contributed by atoms with Crippen LogP contribution in [0.5, 0.6) is 0 Å². The lowest BCUT2D eigenvalue weighted by Gasteiger charge is -2.06. The SMILES string of the molecule is N#Cc1ccc(C(/C=C/C=C/Cc2ccccc2)=N\S(=O)(=O)c2cccc3cccnc23)cc1. The first-order chi connectivity index (χ1) is 16.6. The lowest BCUT2D eigenvalue weighted by Crippen LogP contribution is -2.05. The van der Waals surface area contributed by atoms with E-state index in [0.29, 0.717) is 16.6 Å². The van der Waals surface area contributed by atoms with Gasteiger partial charge in [0.25, 0.3) is 10.0 Å². The Bertz CT molecular complexity index is 1530. The quantitative estimate of drug-likeness (QED) is 0.262. The molecular weight excluding hydrogens is 442 g/mol. The van der Waals surface area contributed by atoms with Gasteiger partial charge in [0.05, 0.1) is 22.9 Å². The van der Waals surface area contributed by atoms with Crippen LogP contribution in [0.2, 0.25) is 0 Å². The molecular formula is C28H21N3O2S. The summed E-state index contributed by atoms with van der Waals surface area (Å²) < 4.78 is 30.7. The molecule has 166 valence electrons. The van der Waals surface area contributed by atoms with Crippen molar-refractivity contribution in [3.05, 3.63) is 132 Å². The van der Waals surface area contributed by atoms with Crippen LogP contribution in [-0.4, -0.2) is 19.1 Å². The Kier molecular flexibility index (Phi) is 7.07. The van der Waals surface area contributed by atoms with E-state index in [1.807, 2.05) is 54.6 Å². The molecule has 0 atom stereocenters. The van der Waals surface area contributed by atoms with Crippen molar-refractivity contribution in [3.8, 4) is 6.07 Å². The topological polar surface area (TPSA) is 83.2 Å². The molecule has 0 bridgehead atoms. The highest BCUT2D eigenvalue weighted by Crippen LogP contribution is 2.23. The molecule has 0 unspecified atom stereocenters. The van der Waals surface area contributed by atoms with Crippen LogP contribution in [0, 0.1) is 11.3 Å². The Balaban J connectivity index is 1.70. The summed E-state index contributed by atoms with van der Waals surface area (Å²) in [6.45, 7) is 0. The normalized spacial score (nSPS) is 12.4. The van der Waals surface area contributed by atoms with Crippen LogP contribution in [0.15, 0.2) is 125 Å². The number of hydrogen-bond donors (Lipinski definition) is 0. The van der Waals surface area contributed by atoms with Crippen molar-refractivity contribution in [2.75, 3.05) is 0 Å². The van der Waals surface area contributed by atoms with E-state index in [1.165, 1.54) is 11.6 Å². The molecule has 0 aliphatic carbocycles. The molecule has 0 aliphatic heterocycles. The molecule has 0 N–H and O–H groups in total. The van der Waals surface area contributed by atoms with Crippen molar-refractivity contribution in [1.82, 2.24) is 4.98 Å². The first-order valence-electron chi connectivity index (χ1n) is 10.6. The fourth-order valence-corrected chi connectivity index (χ4v) is 4.59. The zero-order valence-corrected chi connectivity index (χ0v) is 19.1. The predicted molar refractivity (Wildman–Crippen MR) is 135 cm³/mol. The van der Waals surface area contributed by atoms with Gasteiger partial charge >= 0.3 is 0 Å². The minimum Gasteiger partial charge on any atom is -0.255 e. The average Bonchev–Trinajstić information content (AvgIpc) is 2.88. The number of sulfonamides is 1.